The van der Waals surface area contributed by atoms with Gasteiger partial charge in [0.2, 0.25) is 5.88 Å². The first-order chi connectivity index (χ1) is 11.8. The minimum atomic E-state index is 0. The fraction of sp³-hybridized carbons (Fsp3) is 0.579. The Morgan fingerprint density at radius 2 is 2.04 bits per heavy atom. The molecule has 5 nitrogen and oxygen atoms in total. The SMILES string of the molecule is CCNC(=NCc1ccnc(OC2CCCC2)c1)NC1CC=CC1.I. The van der Waals surface area contributed by atoms with Gasteiger partial charge in [-0.2, -0.15) is 0 Å². The van der Waals surface area contributed by atoms with Gasteiger partial charge in [-0.25, -0.2) is 9.98 Å². The molecule has 0 aromatic carbocycles. The fourth-order valence-electron chi connectivity index (χ4n) is 3.21. The second-order valence-electron chi connectivity index (χ2n) is 6.51. The van der Waals surface area contributed by atoms with Gasteiger partial charge >= 0.3 is 0 Å². The summed E-state index contributed by atoms with van der Waals surface area (Å²) in [5, 5.41) is 6.81. The lowest BCUT2D eigenvalue weighted by atomic mass is 10.2. The van der Waals surface area contributed by atoms with Crippen LogP contribution in [0.2, 0.25) is 0 Å². The molecule has 0 aliphatic heterocycles. The summed E-state index contributed by atoms with van der Waals surface area (Å²) in [7, 11) is 0. The molecule has 2 aliphatic carbocycles. The van der Waals surface area contributed by atoms with E-state index >= 15 is 0 Å². The zero-order chi connectivity index (χ0) is 16.6. The highest BCUT2D eigenvalue weighted by Gasteiger charge is 2.17. The first-order valence-corrected chi connectivity index (χ1v) is 9.15. The van der Waals surface area contributed by atoms with Crippen molar-refractivity contribution in [3.8, 4) is 5.88 Å². The number of aliphatic imine (C=N–C) groups is 1. The molecule has 0 atom stereocenters. The Bertz CT molecular complexity index is 577. The summed E-state index contributed by atoms with van der Waals surface area (Å²) in [5.41, 5.74) is 1.12. The normalized spacial score (nSPS) is 18.2. The molecule has 3 rings (SSSR count). The number of ether oxygens (including phenoxy) is 1. The molecule has 0 spiro atoms. The van der Waals surface area contributed by atoms with Crippen LogP contribution in [0.25, 0.3) is 0 Å². The highest BCUT2D eigenvalue weighted by atomic mass is 127. The number of pyridine rings is 1. The predicted molar refractivity (Wildman–Crippen MR) is 113 cm³/mol. The van der Waals surface area contributed by atoms with E-state index in [0.29, 0.717) is 18.7 Å². The second kappa shape index (κ2) is 10.6. The molecule has 2 N–H and O–H groups in total. The third-order valence-electron chi connectivity index (χ3n) is 4.50. The standard InChI is InChI=1S/C19H28N4O.HI/c1-2-20-19(23-16-7-3-4-8-16)22-14-15-11-12-21-18(13-15)24-17-9-5-6-10-17;/h3-4,11-13,16-17H,2,5-10,14H2,1H3,(H2,20,22,23);1H. The third-order valence-corrected chi connectivity index (χ3v) is 4.50. The molecule has 0 amide bonds. The smallest absolute Gasteiger partial charge is 0.213 e. The van der Waals surface area contributed by atoms with E-state index in [2.05, 4.69) is 34.7 Å². The average Bonchev–Trinajstić information content (AvgIpc) is 3.27. The molecular formula is C19H29IN4O. The van der Waals surface area contributed by atoms with Gasteiger partial charge < -0.3 is 15.4 Å². The van der Waals surface area contributed by atoms with Crippen molar-refractivity contribution in [3.63, 3.8) is 0 Å². The summed E-state index contributed by atoms with van der Waals surface area (Å²) >= 11 is 0. The van der Waals surface area contributed by atoms with Crippen molar-refractivity contribution >= 4 is 29.9 Å². The van der Waals surface area contributed by atoms with Gasteiger partial charge in [-0.05, 0) is 57.1 Å². The van der Waals surface area contributed by atoms with E-state index in [0.717, 1.165) is 49.6 Å². The maximum atomic E-state index is 5.98. The summed E-state index contributed by atoms with van der Waals surface area (Å²) in [6.07, 6.45) is 13.6. The Hall–Kier alpha value is -1.31. The van der Waals surface area contributed by atoms with Crippen LogP contribution in [-0.2, 0) is 6.54 Å². The van der Waals surface area contributed by atoms with Crippen LogP contribution in [0.4, 0.5) is 0 Å². The van der Waals surface area contributed by atoms with E-state index < -0.39 is 0 Å². The van der Waals surface area contributed by atoms with E-state index in [1.54, 1.807) is 0 Å². The van der Waals surface area contributed by atoms with Crippen LogP contribution in [0, 0.1) is 0 Å². The molecule has 0 bridgehead atoms. The Morgan fingerprint density at radius 3 is 2.76 bits per heavy atom. The average molecular weight is 456 g/mol. The largest absolute Gasteiger partial charge is 0.474 e. The minimum Gasteiger partial charge on any atom is -0.474 e. The molecule has 0 unspecified atom stereocenters. The number of hydrogen-bond acceptors (Lipinski definition) is 3. The van der Waals surface area contributed by atoms with Crippen LogP contribution < -0.4 is 15.4 Å². The Labute approximate surface area is 167 Å². The molecule has 1 aromatic heterocycles. The van der Waals surface area contributed by atoms with Crippen molar-refractivity contribution in [3.05, 3.63) is 36.0 Å². The highest BCUT2D eigenvalue weighted by Crippen LogP contribution is 2.23. The topological polar surface area (TPSA) is 58.5 Å². The molecule has 6 heteroatoms. The fourth-order valence-corrected chi connectivity index (χ4v) is 3.21. The van der Waals surface area contributed by atoms with Crippen molar-refractivity contribution in [1.82, 2.24) is 15.6 Å². The third kappa shape index (κ3) is 6.49. The van der Waals surface area contributed by atoms with E-state index in [-0.39, 0.29) is 24.0 Å². The Morgan fingerprint density at radius 1 is 1.28 bits per heavy atom. The van der Waals surface area contributed by atoms with Crippen molar-refractivity contribution in [2.75, 3.05) is 6.54 Å². The van der Waals surface area contributed by atoms with Crippen molar-refractivity contribution in [2.45, 2.75) is 64.1 Å². The molecule has 1 fully saturated rings. The number of nitrogens with zero attached hydrogens (tertiary/aromatic N) is 2. The summed E-state index contributed by atoms with van der Waals surface area (Å²) in [6.45, 7) is 3.57. The summed E-state index contributed by atoms with van der Waals surface area (Å²) < 4.78 is 5.98. The number of aromatic nitrogens is 1. The number of guanidine groups is 1. The molecule has 1 saturated carbocycles. The number of nitrogens with one attached hydrogen (secondary N) is 2. The lowest BCUT2D eigenvalue weighted by Gasteiger charge is -2.17. The molecule has 0 radical (unpaired) electrons. The van der Waals surface area contributed by atoms with Crippen LogP contribution in [0.3, 0.4) is 0 Å². The quantitative estimate of drug-likeness (QED) is 0.296. The summed E-state index contributed by atoms with van der Waals surface area (Å²) in [5.74, 6) is 1.61. The summed E-state index contributed by atoms with van der Waals surface area (Å²) in [4.78, 5) is 9.04. The van der Waals surface area contributed by atoms with Gasteiger partial charge in [-0.3, -0.25) is 0 Å². The van der Waals surface area contributed by atoms with Crippen LogP contribution in [0.15, 0.2) is 35.5 Å². The maximum Gasteiger partial charge on any atom is 0.213 e. The van der Waals surface area contributed by atoms with Crippen LogP contribution in [0.5, 0.6) is 5.88 Å². The van der Waals surface area contributed by atoms with Gasteiger partial charge in [0.15, 0.2) is 5.96 Å². The number of rotatable bonds is 6. The lowest BCUT2D eigenvalue weighted by Crippen LogP contribution is -2.42. The van der Waals surface area contributed by atoms with E-state index in [9.17, 15) is 0 Å². The molecular weight excluding hydrogens is 427 g/mol. The van der Waals surface area contributed by atoms with Gasteiger partial charge in [-0.15, -0.1) is 24.0 Å². The summed E-state index contributed by atoms with van der Waals surface area (Å²) in [6, 6.07) is 4.48. The van der Waals surface area contributed by atoms with Gasteiger partial charge in [0, 0.05) is 24.8 Å². The van der Waals surface area contributed by atoms with Crippen molar-refractivity contribution in [2.24, 2.45) is 4.99 Å². The number of hydrogen-bond donors (Lipinski definition) is 2. The van der Waals surface area contributed by atoms with Gasteiger partial charge in [0.05, 0.1) is 6.54 Å². The zero-order valence-electron chi connectivity index (χ0n) is 14.9. The van der Waals surface area contributed by atoms with Gasteiger partial charge in [0.1, 0.15) is 6.10 Å². The van der Waals surface area contributed by atoms with Crippen LogP contribution in [-0.4, -0.2) is 29.6 Å². The van der Waals surface area contributed by atoms with Crippen molar-refractivity contribution < 1.29 is 4.74 Å². The molecule has 1 heterocycles. The Balaban J connectivity index is 0.00000225. The lowest BCUT2D eigenvalue weighted by molar-refractivity contribution is 0.201. The monoisotopic (exact) mass is 456 g/mol. The maximum absolute atomic E-state index is 5.98. The predicted octanol–water partition coefficient (Wildman–Crippen LogP) is 3.79. The molecule has 0 saturated heterocycles. The molecule has 25 heavy (non-hydrogen) atoms. The van der Waals surface area contributed by atoms with E-state index in [4.69, 9.17) is 9.73 Å². The van der Waals surface area contributed by atoms with Crippen LogP contribution >= 0.6 is 24.0 Å². The van der Waals surface area contributed by atoms with Gasteiger partial charge in [0.25, 0.3) is 0 Å². The molecule has 1 aromatic rings. The zero-order valence-corrected chi connectivity index (χ0v) is 17.2. The molecule has 138 valence electrons. The van der Waals surface area contributed by atoms with Crippen molar-refractivity contribution in [1.29, 1.82) is 0 Å². The minimum absolute atomic E-state index is 0. The first-order valence-electron chi connectivity index (χ1n) is 9.15. The van der Waals surface area contributed by atoms with E-state index in [1.807, 2.05) is 18.3 Å². The highest BCUT2D eigenvalue weighted by molar-refractivity contribution is 14.0. The Kier molecular flexibility index (Phi) is 8.51. The second-order valence-corrected chi connectivity index (χ2v) is 6.51. The molecule has 2 aliphatic rings. The van der Waals surface area contributed by atoms with Gasteiger partial charge in [-0.1, -0.05) is 12.2 Å². The van der Waals surface area contributed by atoms with E-state index in [1.165, 1.54) is 12.8 Å². The van der Waals surface area contributed by atoms with Crippen LogP contribution in [0.1, 0.15) is 51.0 Å². The number of halogens is 1. The first kappa shape index (κ1) is 20.0.